The van der Waals surface area contributed by atoms with E-state index >= 15 is 0 Å². The molecule has 0 aliphatic rings. The number of nitro groups is 2. The van der Waals surface area contributed by atoms with Crippen LogP contribution < -0.4 is 5.06 Å². The largest absolute Gasteiger partial charge is 0.751 e. The van der Waals surface area contributed by atoms with E-state index in [1.807, 2.05) is 0 Å². The summed E-state index contributed by atoms with van der Waals surface area (Å²) in [6.07, 6.45) is 0. The van der Waals surface area contributed by atoms with Gasteiger partial charge in [0.25, 0.3) is 17.3 Å². The number of hydrogen-bond donors (Lipinski definition) is 0. The summed E-state index contributed by atoms with van der Waals surface area (Å²) in [4.78, 5) is 32.1. The van der Waals surface area contributed by atoms with E-state index in [2.05, 4.69) is 0 Å². The Morgan fingerprint density at radius 3 is 1.87 bits per heavy atom. The van der Waals surface area contributed by atoms with Gasteiger partial charge in [-0.15, -0.1) is 0 Å². The van der Waals surface area contributed by atoms with E-state index in [1.165, 1.54) is 0 Å². The first-order valence-corrected chi connectivity index (χ1v) is 6.02. The lowest BCUT2D eigenvalue weighted by Gasteiger charge is -2.27. The van der Waals surface area contributed by atoms with Crippen molar-refractivity contribution < 1.29 is 19.0 Å². The summed E-state index contributed by atoms with van der Waals surface area (Å²) in [6.45, 7) is 0. The number of nitrogens with zero attached hydrogens (tertiary/aromatic N) is 3. The number of anilines is 1. The van der Waals surface area contributed by atoms with Crippen molar-refractivity contribution >= 4 is 23.0 Å². The molecule has 0 atom stereocenters. The van der Waals surface area contributed by atoms with Crippen molar-refractivity contribution in [1.29, 1.82) is 0 Å². The number of nitro benzene ring substituents is 2. The van der Waals surface area contributed by atoms with Crippen LogP contribution in [0.2, 0.25) is 0 Å². The van der Waals surface area contributed by atoms with E-state index < -0.39 is 38.5 Å². The summed E-state index contributed by atoms with van der Waals surface area (Å²) in [6, 6.07) is 6.53. The number of rotatable bonds is 4. The van der Waals surface area contributed by atoms with Gasteiger partial charge in [0.2, 0.25) is 0 Å². The van der Waals surface area contributed by atoms with E-state index in [0.29, 0.717) is 0 Å². The lowest BCUT2D eigenvalue weighted by Crippen LogP contribution is -2.26. The molecular weight excluding hydrogens is 313 g/mol. The Kier molecular flexibility index (Phi) is 4.27. The molecule has 10 heteroatoms. The van der Waals surface area contributed by atoms with Crippen LogP contribution in [0.5, 0.6) is 0 Å². The maximum atomic E-state index is 12.8. The van der Waals surface area contributed by atoms with E-state index in [9.17, 15) is 34.6 Å². The molecule has 118 valence electrons. The highest BCUT2D eigenvalue weighted by Crippen LogP contribution is 2.30. The van der Waals surface area contributed by atoms with Gasteiger partial charge >= 0.3 is 0 Å². The topological polar surface area (TPSA) is 130 Å². The van der Waals surface area contributed by atoms with Crippen LogP contribution in [0.15, 0.2) is 42.5 Å². The zero-order chi connectivity index (χ0) is 17.1. The van der Waals surface area contributed by atoms with Crippen molar-refractivity contribution in [3.63, 3.8) is 0 Å². The van der Waals surface area contributed by atoms with Gasteiger partial charge in [0.15, 0.2) is 5.56 Å². The van der Waals surface area contributed by atoms with Gasteiger partial charge in [-0.3, -0.25) is 25.0 Å². The minimum Gasteiger partial charge on any atom is -0.751 e. The Morgan fingerprint density at radius 2 is 1.43 bits per heavy atom. The standard InChI is InChI=1S/C13H7FN3O6/c14-8-4-6-9(7-5-8)15(19)13(18)12-10(16(20)21)2-1-3-11(12)17(22)23/h1-7H/q-1. The molecule has 2 aromatic carbocycles. The Balaban J connectivity index is 2.55. The van der Waals surface area contributed by atoms with E-state index in [0.717, 1.165) is 42.5 Å². The van der Waals surface area contributed by atoms with Crippen LogP contribution in [0.3, 0.4) is 0 Å². The maximum absolute atomic E-state index is 12.8. The van der Waals surface area contributed by atoms with Crippen molar-refractivity contribution in [3.05, 3.63) is 79.3 Å². The summed E-state index contributed by atoms with van der Waals surface area (Å²) < 4.78 is 12.8. The van der Waals surface area contributed by atoms with Gasteiger partial charge in [0, 0.05) is 17.8 Å². The Bertz CT molecular complexity index is 761. The van der Waals surface area contributed by atoms with Gasteiger partial charge in [-0.25, -0.2) is 4.39 Å². The van der Waals surface area contributed by atoms with Crippen LogP contribution in [-0.2, 0) is 0 Å². The third kappa shape index (κ3) is 3.11. The van der Waals surface area contributed by atoms with E-state index in [4.69, 9.17) is 0 Å². The van der Waals surface area contributed by atoms with Crippen molar-refractivity contribution in [3.8, 4) is 0 Å². The van der Waals surface area contributed by atoms with Gasteiger partial charge in [-0.1, -0.05) is 0 Å². The molecule has 0 aliphatic heterocycles. The second-order valence-electron chi connectivity index (χ2n) is 4.26. The quantitative estimate of drug-likeness (QED) is 0.629. The highest BCUT2D eigenvalue weighted by molar-refractivity contribution is 6.11. The molecular formula is C13H7FN3O6-. The number of hydroxylamine groups is 1. The van der Waals surface area contributed by atoms with Gasteiger partial charge in [-0.05, 0) is 30.3 Å². The second-order valence-corrected chi connectivity index (χ2v) is 4.26. The molecule has 0 spiro atoms. The molecule has 0 aliphatic carbocycles. The van der Waals surface area contributed by atoms with Gasteiger partial charge in [-0.2, -0.15) is 0 Å². The first-order chi connectivity index (χ1) is 10.8. The van der Waals surface area contributed by atoms with Crippen LogP contribution in [0, 0.1) is 31.3 Å². The molecule has 0 bridgehead atoms. The highest BCUT2D eigenvalue weighted by atomic mass is 19.1. The third-order valence-corrected chi connectivity index (χ3v) is 2.87. The minimum atomic E-state index is -1.49. The van der Waals surface area contributed by atoms with E-state index in [1.54, 1.807) is 0 Å². The molecule has 0 fully saturated rings. The first-order valence-electron chi connectivity index (χ1n) is 6.02. The minimum absolute atomic E-state index is 0.269. The predicted molar refractivity (Wildman–Crippen MR) is 76.3 cm³/mol. The van der Waals surface area contributed by atoms with Crippen molar-refractivity contribution in [2.24, 2.45) is 0 Å². The molecule has 1 amide bonds. The van der Waals surface area contributed by atoms with Gasteiger partial charge in [0.1, 0.15) is 5.82 Å². The normalized spacial score (nSPS) is 10.2. The molecule has 2 rings (SSSR count). The van der Waals surface area contributed by atoms with Crippen molar-refractivity contribution in [1.82, 2.24) is 0 Å². The number of halogens is 1. The molecule has 0 saturated carbocycles. The summed E-state index contributed by atoms with van der Waals surface area (Å²) in [5.74, 6) is -2.15. The Labute approximate surface area is 127 Å². The molecule has 0 unspecified atom stereocenters. The van der Waals surface area contributed by atoms with Gasteiger partial charge < -0.3 is 10.3 Å². The SMILES string of the molecule is O=C(c1c([N+](=O)[O-])cccc1[N+](=O)[O-])N([O-])c1ccc(F)cc1. The van der Waals surface area contributed by atoms with Crippen LogP contribution in [0.1, 0.15) is 10.4 Å². The summed E-state index contributed by atoms with van der Waals surface area (Å²) in [7, 11) is 0. The zero-order valence-corrected chi connectivity index (χ0v) is 11.2. The lowest BCUT2D eigenvalue weighted by atomic mass is 10.1. The van der Waals surface area contributed by atoms with Crippen LogP contribution in [0.4, 0.5) is 21.5 Å². The number of carbonyl (C=O) groups excluding carboxylic acids is 1. The monoisotopic (exact) mass is 320 g/mol. The summed E-state index contributed by atoms with van der Waals surface area (Å²) >= 11 is 0. The summed E-state index contributed by atoms with van der Waals surface area (Å²) in [5, 5.41) is 33.7. The highest BCUT2D eigenvalue weighted by Gasteiger charge is 2.31. The number of amides is 1. The summed E-state index contributed by atoms with van der Waals surface area (Å²) in [5.41, 5.74) is -3.00. The fourth-order valence-corrected chi connectivity index (χ4v) is 1.85. The van der Waals surface area contributed by atoms with Crippen LogP contribution >= 0.6 is 0 Å². The number of hydrogen-bond acceptors (Lipinski definition) is 6. The number of carbonyl (C=O) groups is 1. The molecule has 0 N–H and O–H groups in total. The average molecular weight is 320 g/mol. The second kappa shape index (κ2) is 6.15. The first kappa shape index (κ1) is 16.0. The molecule has 9 nitrogen and oxygen atoms in total. The molecule has 0 radical (unpaired) electrons. The fourth-order valence-electron chi connectivity index (χ4n) is 1.85. The van der Waals surface area contributed by atoms with Crippen molar-refractivity contribution in [2.75, 3.05) is 5.06 Å². The van der Waals surface area contributed by atoms with E-state index in [-0.39, 0.29) is 10.8 Å². The fraction of sp³-hybridized carbons (Fsp3) is 0. The van der Waals surface area contributed by atoms with Crippen LogP contribution in [-0.4, -0.2) is 15.8 Å². The Hall–Kier alpha value is -3.40. The molecule has 2 aromatic rings. The third-order valence-electron chi connectivity index (χ3n) is 2.87. The predicted octanol–water partition coefficient (Wildman–Crippen LogP) is 2.79. The average Bonchev–Trinajstić information content (AvgIpc) is 2.53. The van der Waals surface area contributed by atoms with Crippen molar-refractivity contribution in [2.45, 2.75) is 0 Å². The Morgan fingerprint density at radius 1 is 0.957 bits per heavy atom. The smallest absolute Gasteiger partial charge is 0.289 e. The molecule has 23 heavy (non-hydrogen) atoms. The number of benzene rings is 2. The molecule has 0 heterocycles. The molecule has 0 aromatic heterocycles. The zero-order valence-electron chi connectivity index (χ0n) is 11.2. The maximum Gasteiger partial charge on any atom is 0.289 e. The lowest BCUT2D eigenvalue weighted by molar-refractivity contribution is -0.394. The molecule has 0 saturated heterocycles. The van der Waals surface area contributed by atoms with Crippen LogP contribution in [0.25, 0.3) is 0 Å². The van der Waals surface area contributed by atoms with Gasteiger partial charge in [0.05, 0.1) is 9.85 Å².